The molecule has 1 aliphatic carbocycles. The molecule has 0 aliphatic heterocycles. The molecular formula is C36H40O5. The number of carbonyl (C=O) groups excluding carboxylic acids is 2. The van der Waals surface area contributed by atoms with Crippen molar-refractivity contribution in [1.82, 2.24) is 0 Å². The highest BCUT2D eigenvalue weighted by atomic mass is 16.5. The van der Waals surface area contributed by atoms with Crippen LogP contribution in [0.5, 0.6) is 5.75 Å². The van der Waals surface area contributed by atoms with Crippen LogP contribution in [0.2, 0.25) is 0 Å². The van der Waals surface area contributed by atoms with Crippen LogP contribution in [0.15, 0.2) is 72.8 Å². The Morgan fingerprint density at radius 1 is 0.927 bits per heavy atom. The van der Waals surface area contributed by atoms with Crippen molar-refractivity contribution < 1.29 is 23.8 Å². The summed E-state index contributed by atoms with van der Waals surface area (Å²) in [5.41, 5.74) is 5.38. The van der Waals surface area contributed by atoms with Crippen LogP contribution < -0.4 is 4.74 Å². The monoisotopic (exact) mass is 552 g/mol. The predicted molar refractivity (Wildman–Crippen MR) is 161 cm³/mol. The number of unbranched alkanes of at least 4 members (excludes halogenated alkanes) is 1. The Bertz CT molecular complexity index is 1350. The van der Waals surface area contributed by atoms with Crippen LogP contribution >= 0.6 is 0 Å². The van der Waals surface area contributed by atoms with E-state index in [0.717, 1.165) is 62.7 Å². The quantitative estimate of drug-likeness (QED) is 0.134. The number of ether oxygens (including phenoxy) is 3. The van der Waals surface area contributed by atoms with Crippen molar-refractivity contribution in [2.24, 2.45) is 5.92 Å². The molecule has 3 aromatic rings. The molecule has 2 atom stereocenters. The number of carbonyl (C=O) groups is 2. The molecule has 0 N–H and O–H groups in total. The Kier molecular flexibility index (Phi) is 11.4. The lowest BCUT2D eigenvalue weighted by molar-refractivity contribution is -0.140. The lowest BCUT2D eigenvalue weighted by Gasteiger charge is -2.33. The summed E-state index contributed by atoms with van der Waals surface area (Å²) in [6.07, 6.45) is 8.39. The summed E-state index contributed by atoms with van der Waals surface area (Å²) in [5.74, 6) is 7.58. The Labute approximate surface area is 244 Å². The van der Waals surface area contributed by atoms with Gasteiger partial charge < -0.3 is 14.2 Å². The van der Waals surface area contributed by atoms with Gasteiger partial charge in [0.05, 0.1) is 19.8 Å². The smallest absolute Gasteiger partial charge is 0.337 e. The van der Waals surface area contributed by atoms with E-state index in [4.69, 9.17) is 14.2 Å². The second kappa shape index (κ2) is 15.7. The Hall–Kier alpha value is -4.04. The molecule has 0 radical (unpaired) electrons. The fourth-order valence-electron chi connectivity index (χ4n) is 5.88. The van der Waals surface area contributed by atoms with Gasteiger partial charge in [-0.15, -0.1) is 0 Å². The number of esters is 2. The fourth-order valence-corrected chi connectivity index (χ4v) is 5.88. The van der Waals surface area contributed by atoms with E-state index in [1.54, 1.807) is 0 Å². The van der Waals surface area contributed by atoms with Crippen LogP contribution in [-0.4, -0.2) is 32.8 Å². The second-order valence-electron chi connectivity index (χ2n) is 10.6. The number of benzene rings is 3. The van der Waals surface area contributed by atoms with Gasteiger partial charge in [-0.05, 0) is 104 Å². The average Bonchev–Trinajstić information content (AvgIpc) is 3.02. The topological polar surface area (TPSA) is 61.8 Å². The van der Waals surface area contributed by atoms with E-state index in [1.807, 2.05) is 54.6 Å². The molecule has 5 heteroatoms. The van der Waals surface area contributed by atoms with Gasteiger partial charge in [0.25, 0.3) is 0 Å². The zero-order valence-electron chi connectivity index (χ0n) is 24.2. The van der Waals surface area contributed by atoms with Crippen molar-refractivity contribution in [2.45, 2.75) is 63.7 Å². The molecule has 0 aromatic heterocycles. The predicted octanol–water partition coefficient (Wildman–Crippen LogP) is 7.31. The first kappa shape index (κ1) is 29.9. The van der Waals surface area contributed by atoms with E-state index in [-0.39, 0.29) is 11.9 Å². The fraction of sp³-hybridized carbons (Fsp3) is 0.389. The zero-order chi connectivity index (χ0) is 28.9. The maximum Gasteiger partial charge on any atom is 0.337 e. The van der Waals surface area contributed by atoms with Crippen LogP contribution in [0.1, 0.15) is 83.5 Å². The molecule has 0 saturated carbocycles. The summed E-state index contributed by atoms with van der Waals surface area (Å²) in [4.78, 5) is 23.8. The van der Waals surface area contributed by atoms with Gasteiger partial charge in [0, 0.05) is 12.0 Å². The second-order valence-corrected chi connectivity index (χ2v) is 10.6. The van der Waals surface area contributed by atoms with Gasteiger partial charge >= 0.3 is 11.9 Å². The SMILES string of the molecule is COC(=O)CCCCC(CCc1ccccc1OCC#Cc1ccccc1)C1CCCc2cc(C(=O)OC)ccc21. The van der Waals surface area contributed by atoms with E-state index in [2.05, 4.69) is 30.0 Å². The summed E-state index contributed by atoms with van der Waals surface area (Å²) in [6, 6.07) is 24.2. The van der Waals surface area contributed by atoms with E-state index in [9.17, 15) is 9.59 Å². The summed E-state index contributed by atoms with van der Waals surface area (Å²) in [6.45, 7) is 0.335. The normalized spacial score (nSPS) is 14.6. The van der Waals surface area contributed by atoms with Crippen molar-refractivity contribution in [1.29, 1.82) is 0 Å². The van der Waals surface area contributed by atoms with E-state index in [0.29, 0.717) is 30.4 Å². The molecule has 0 amide bonds. The Balaban J connectivity index is 1.47. The number of rotatable bonds is 12. The van der Waals surface area contributed by atoms with Crippen molar-refractivity contribution in [3.63, 3.8) is 0 Å². The number of methoxy groups -OCH3 is 2. The Morgan fingerprint density at radius 3 is 2.54 bits per heavy atom. The maximum atomic E-state index is 12.1. The third kappa shape index (κ3) is 8.72. The first-order valence-corrected chi connectivity index (χ1v) is 14.6. The van der Waals surface area contributed by atoms with Gasteiger partial charge in [0.1, 0.15) is 12.4 Å². The molecule has 0 saturated heterocycles. The molecule has 2 unspecified atom stereocenters. The zero-order valence-corrected chi connectivity index (χ0v) is 24.2. The molecule has 3 aromatic carbocycles. The van der Waals surface area contributed by atoms with Gasteiger partial charge in [-0.2, -0.15) is 0 Å². The van der Waals surface area contributed by atoms with E-state index in [1.165, 1.54) is 30.9 Å². The third-order valence-electron chi connectivity index (χ3n) is 7.99. The molecule has 5 nitrogen and oxygen atoms in total. The first-order valence-electron chi connectivity index (χ1n) is 14.6. The molecule has 41 heavy (non-hydrogen) atoms. The van der Waals surface area contributed by atoms with Crippen LogP contribution in [0.25, 0.3) is 0 Å². The number of para-hydroxylation sites is 1. The average molecular weight is 553 g/mol. The molecule has 1 aliphatic rings. The van der Waals surface area contributed by atoms with E-state index < -0.39 is 0 Å². The highest BCUT2D eigenvalue weighted by molar-refractivity contribution is 5.89. The Morgan fingerprint density at radius 2 is 1.73 bits per heavy atom. The van der Waals surface area contributed by atoms with E-state index >= 15 is 0 Å². The van der Waals surface area contributed by atoms with Gasteiger partial charge in [0.2, 0.25) is 0 Å². The molecular weight excluding hydrogens is 512 g/mol. The van der Waals surface area contributed by atoms with Gasteiger partial charge in [0.15, 0.2) is 0 Å². The molecule has 0 bridgehead atoms. The summed E-state index contributed by atoms with van der Waals surface area (Å²) >= 11 is 0. The largest absolute Gasteiger partial charge is 0.481 e. The molecule has 4 rings (SSSR count). The van der Waals surface area contributed by atoms with Crippen LogP contribution in [0, 0.1) is 17.8 Å². The summed E-state index contributed by atoms with van der Waals surface area (Å²) in [7, 11) is 2.87. The highest BCUT2D eigenvalue weighted by Gasteiger charge is 2.28. The summed E-state index contributed by atoms with van der Waals surface area (Å²) < 4.78 is 15.9. The number of hydrogen-bond acceptors (Lipinski definition) is 5. The first-order chi connectivity index (χ1) is 20.1. The molecule has 0 heterocycles. The molecule has 0 fully saturated rings. The van der Waals surface area contributed by atoms with Crippen LogP contribution in [-0.2, 0) is 27.1 Å². The minimum atomic E-state index is -0.292. The number of fused-ring (bicyclic) bond motifs is 1. The minimum absolute atomic E-state index is 0.152. The van der Waals surface area contributed by atoms with Crippen molar-refractivity contribution in [3.8, 4) is 17.6 Å². The molecule has 0 spiro atoms. The van der Waals surface area contributed by atoms with Gasteiger partial charge in [-0.3, -0.25) is 4.79 Å². The standard InChI is InChI=1S/C36H40O5/c1-39-35(37)20-9-7-15-28(32-18-10-17-30-26-31(36(38)40-2)23-24-33(30)32)21-22-29-16-6-8-19-34(29)41-25-11-14-27-12-4-3-5-13-27/h3-6,8,12-13,16,19,23-24,26,28,32H,7,9-10,15,17-18,20-22,25H2,1-2H3. The molecule has 214 valence electrons. The van der Waals surface area contributed by atoms with Crippen molar-refractivity contribution >= 4 is 11.9 Å². The maximum absolute atomic E-state index is 12.1. The van der Waals surface area contributed by atoms with Crippen molar-refractivity contribution in [3.05, 3.63) is 101 Å². The van der Waals surface area contributed by atoms with Gasteiger partial charge in [-0.25, -0.2) is 4.79 Å². The third-order valence-corrected chi connectivity index (χ3v) is 7.99. The lowest BCUT2D eigenvalue weighted by atomic mass is 9.72. The lowest BCUT2D eigenvalue weighted by Crippen LogP contribution is -2.20. The van der Waals surface area contributed by atoms with Crippen LogP contribution in [0.4, 0.5) is 0 Å². The van der Waals surface area contributed by atoms with Crippen molar-refractivity contribution in [2.75, 3.05) is 20.8 Å². The van der Waals surface area contributed by atoms with Gasteiger partial charge in [-0.1, -0.05) is 60.7 Å². The number of hydrogen-bond donors (Lipinski definition) is 0. The summed E-state index contributed by atoms with van der Waals surface area (Å²) in [5, 5.41) is 0. The van der Waals surface area contributed by atoms with Crippen LogP contribution in [0.3, 0.4) is 0 Å². The highest BCUT2D eigenvalue weighted by Crippen LogP contribution is 2.42. The number of aryl methyl sites for hydroxylation is 2. The minimum Gasteiger partial charge on any atom is -0.481 e.